The molecule has 0 saturated heterocycles. The Labute approximate surface area is 111 Å². The minimum atomic E-state index is -0.248. The van der Waals surface area contributed by atoms with Crippen LogP contribution in [-0.2, 0) is 0 Å². The summed E-state index contributed by atoms with van der Waals surface area (Å²) in [6, 6.07) is 13.2. The molecule has 0 aliphatic rings. The van der Waals surface area contributed by atoms with Crippen molar-refractivity contribution in [2.45, 2.75) is 13.0 Å². The molecule has 0 amide bonds. The molecule has 1 unspecified atom stereocenters. The average Bonchev–Trinajstić information content (AvgIpc) is 2.32. The molecule has 0 radical (unpaired) electrons. The lowest BCUT2D eigenvalue weighted by Gasteiger charge is -2.15. The third-order valence-electron chi connectivity index (χ3n) is 2.80. The molecule has 1 atom stereocenters. The third kappa shape index (κ3) is 2.63. The Hall–Kier alpha value is -1.02. The zero-order valence-electron chi connectivity index (χ0n) is 9.45. The summed E-state index contributed by atoms with van der Waals surface area (Å²) < 4.78 is 0. The number of hydrogen-bond acceptors (Lipinski definition) is 1. The maximum Gasteiger partial charge on any atom is 0.0566 e. The van der Waals surface area contributed by atoms with E-state index in [-0.39, 0.29) is 6.04 Å². The first kappa shape index (κ1) is 12.4. The van der Waals surface area contributed by atoms with Crippen LogP contribution in [0.2, 0.25) is 10.0 Å². The van der Waals surface area contributed by atoms with Crippen molar-refractivity contribution in [3.63, 3.8) is 0 Å². The predicted octanol–water partition coefficient (Wildman–Crippen LogP) is 4.35. The second-order valence-corrected chi connectivity index (χ2v) is 4.82. The first-order chi connectivity index (χ1) is 8.09. The van der Waals surface area contributed by atoms with Crippen molar-refractivity contribution in [2.24, 2.45) is 5.73 Å². The molecule has 17 heavy (non-hydrogen) atoms. The predicted molar refractivity (Wildman–Crippen MR) is 73.7 cm³/mol. The minimum Gasteiger partial charge on any atom is -0.320 e. The van der Waals surface area contributed by atoms with Gasteiger partial charge in [-0.25, -0.2) is 0 Å². The molecule has 0 aliphatic heterocycles. The topological polar surface area (TPSA) is 26.0 Å². The first-order valence-electron chi connectivity index (χ1n) is 5.35. The van der Waals surface area contributed by atoms with Crippen LogP contribution in [0.4, 0.5) is 0 Å². The second kappa shape index (κ2) is 5.09. The highest BCUT2D eigenvalue weighted by Crippen LogP contribution is 2.28. The largest absolute Gasteiger partial charge is 0.320 e. The highest BCUT2D eigenvalue weighted by molar-refractivity contribution is 6.31. The van der Waals surface area contributed by atoms with Gasteiger partial charge in [0.15, 0.2) is 0 Å². The second-order valence-electron chi connectivity index (χ2n) is 4.01. The summed E-state index contributed by atoms with van der Waals surface area (Å²) in [5.74, 6) is 0. The van der Waals surface area contributed by atoms with Crippen LogP contribution >= 0.6 is 23.2 Å². The molecule has 2 aromatic carbocycles. The third-order valence-corrected chi connectivity index (χ3v) is 3.55. The monoisotopic (exact) mass is 265 g/mol. The van der Waals surface area contributed by atoms with Gasteiger partial charge in [-0.1, -0.05) is 53.5 Å². The Balaban J connectivity index is 2.40. The molecule has 0 spiro atoms. The fraction of sp³-hybridized carbons (Fsp3) is 0.143. The average molecular weight is 266 g/mol. The lowest BCUT2D eigenvalue weighted by Crippen LogP contribution is -2.12. The molecule has 0 aromatic heterocycles. The fourth-order valence-electron chi connectivity index (χ4n) is 1.71. The summed E-state index contributed by atoms with van der Waals surface area (Å²) in [7, 11) is 0. The molecule has 0 bridgehead atoms. The summed E-state index contributed by atoms with van der Waals surface area (Å²) in [5.41, 5.74) is 9.11. The zero-order valence-corrected chi connectivity index (χ0v) is 11.0. The van der Waals surface area contributed by atoms with Crippen LogP contribution in [0, 0.1) is 6.92 Å². The van der Waals surface area contributed by atoms with Crippen molar-refractivity contribution < 1.29 is 0 Å². The summed E-state index contributed by atoms with van der Waals surface area (Å²) in [5, 5.41) is 1.40. The Morgan fingerprint density at radius 2 is 1.71 bits per heavy atom. The van der Waals surface area contributed by atoms with Crippen molar-refractivity contribution in [3.05, 3.63) is 69.2 Å². The maximum absolute atomic E-state index is 6.19. The van der Waals surface area contributed by atoms with E-state index in [1.807, 2.05) is 49.4 Å². The molecule has 3 heteroatoms. The standard InChI is InChI=1S/C14H13Cl2N/c1-9-6-7-10(8-13(9)16)14(17)11-4-2-3-5-12(11)15/h2-8,14H,17H2,1H3. The highest BCUT2D eigenvalue weighted by atomic mass is 35.5. The van der Waals surface area contributed by atoms with E-state index in [2.05, 4.69) is 0 Å². The highest BCUT2D eigenvalue weighted by Gasteiger charge is 2.12. The lowest BCUT2D eigenvalue weighted by molar-refractivity contribution is 0.871. The Morgan fingerprint density at radius 3 is 2.35 bits per heavy atom. The van der Waals surface area contributed by atoms with Crippen LogP contribution < -0.4 is 5.73 Å². The minimum absolute atomic E-state index is 0.248. The Morgan fingerprint density at radius 1 is 1.00 bits per heavy atom. The van der Waals surface area contributed by atoms with E-state index in [0.717, 1.165) is 21.7 Å². The van der Waals surface area contributed by atoms with Crippen molar-refractivity contribution in [3.8, 4) is 0 Å². The lowest BCUT2D eigenvalue weighted by atomic mass is 9.99. The fourth-order valence-corrected chi connectivity index (χ4v) is 2.15. The Bertz CT molecular complexity index is 537. The van der Waals surface area contributed by atoms with Crippen molar-refractivity contribution >= 4 is 23.2 Å². The van der Waals surface area contributed by atoms with E-state index in [4.69, 9.17) is 28.9 Å². The van der Waals surface area contributed by atoms with Gasteiger partial charge in [-0.3, -0.25) is 0 Å². The smallest absolute Gasteiger partial charge is 0.0566 e. The molecule has 0 heterocycles. The number of hydrogen-bond donors (Lipinski definition) is 1. The summed E-state index contributed by atoms with van der Waals surface area (Å²) in [4.78, 5) is 0. The molecule has 2 N–H and O–H groups in total. The molecule has 0 aliphatic carbocycles. The number of halogens is 2. The van der Waals surface area contributed by atoms with Crippen LogP contribution in [0.3, 0.4) is 0 Å². The van der Waals surface area contributed by atoms with Gasteiger partial charge in [0.1, 0.15) is 0 Å². The maximum atomic E-state index is 6.19. The normalized spacial score (nSPS) is 12.5. The molecular weight excluding hydrogens is 253 g/mol. The van der Waals surface area contributed by atoms with Crippen LogP contribution in [0.5, 0.6) is 0 Å². The van der Waals surface area contributed by atoms with Gasteiger partial charge in [-0.15, -0.1) is 0 Å². The molecule has 2 rings (SSSR count). The van der Waals surface area contributed by atoms with Gasteiger partial charge in [0.25, 0.3) is 0 Å². The molecule has 88 valence electrons. The molecule has 0 fully saturated rings. The molecule has 0 saturated carbocycles. The van der Waals surface area contributed by atoms with Crippen LogP contribution in [0.25, 0.3) is 0 Å². The van der Waals surface area contributed by atoms with E-state index in [0.29, 0.717) is 5.02 Å². The SMILES string of the molecule is Cc1ccc(C(N)c2ccccc2Cl)cc1Cl. The summed E-state index contributed by atoms with van der Waals surface area (Å²) in [6.45, 7) is 1.97. The molecule has 1 nitrogen and oxygen atoms in total. The van der Waals surface area contributed by atoms with Gasteiger partial charge in [0, 0.05) is 10.0 Å². The van der Waals surface area contributed by atoms with E-state index in [1.165, 1.54) is 0 Å². The molecule has 2 aromatic rings. The van der Waals surface area contributed by atoms with Gasteiger partial charge in [0.05, 0.1) is 6.04 Å². The quantitative estimate of drug-likeness (QED) is 0.859. The Kier molecular flexibility index (Phi) is 3.72. The first-order valence-corrected chi connectivity index (χ1v) is 6.11. The van der Waals surface area contributed by atoms with Crippen LogP contribution in [-0.4, -0.2) is 0 Å². The number of nitrogens with two attached hydrogens (primary N) is 1. The zero-order chi connectivity index (χ0) is 12.4. The number of rotatable bonds is 2. The summed E-state index contributed by atoms with van der Waals surface area (Å²) >= 11 is 12.2. The number of aryl methyl sites for hydroxylation is 1. The van der Waals surface area contributed by atoms with Crippen molar-refractivity contribution in [1.82, 2.24) is 0 Å². The molecular formula is C14H13Cl2N. The van der Waals surface area contributed by atoms with Crippen molar-refractivity contribution in [1.29, 1.82) is 0 Å². The summed E-state index contributed by atoms with van der Waals surface area (Å²) in [6.07, 6.45) is 0. The van der Waals surface area contributed by atoms with Gasteiger partial charge in [0.2, 0.25) is 0 Å². The number of benzene rings is 2. The van der Waals surface area contributed by atoms with E-state index >= 15 is 0 Å². The van der Waals surface area contributed by atoms with E-state index in [1.54, 1.807) is 0 Å². The van der Waals surface area contributed by atoms with Crippen LogP contribution in [0.15, 0.2) is 42.5 Å². The van der Waals surface area contributed by atoms with Gasteiger partial charge in [-0.2, -0.15) is 0 Å². The van der Waals surface area contributed by atoms with Crippen molar-refractivity contribution in [2.75, 3.05) is 0 Å². The van der Waals surface area contributed by atoms with Gasteiger partial charge >= 0.3 is 0 Å². The van der Waals surface area contributed by atoms with E-state index in [9.17, 15) is 0 Å². The van der Waals surface area contributed by atoms with E-state index < -0.39 is 0 Å². The van der Waals surface area contributed by atoms with Crippen LogP contribution in [0.1, 0.15) is 22.7 Å². The van der Waals surface area contributed by atoms with Gasteiger partial charge in [-0.05, 0) is 35.7 Å². The van der Waals surface area contributed by atoms with Gasteiger partial charge < -0.3 is 5.73 Å².